The van der Waals surface area contributed by atoms with Gasteiger partial charge in [-0.2, -0.15) is 0 Å². The molecule has 2 unspecified atom stereocenters. The van der Waals surface area contributed by atoms with Crippen molar-refractivity contribution in [1.29, 1.82) is 0 Å². The van der Waals surface area contributed by atoms with Crippen LogP contribution in [0.25, 0.3) is 5.78 Å². The molecule has 2 N–H and O–H groups in total. The second-order valence-corrected chi connectivity index (χ2v) is 7.63. The lowest BCUT2D eigenvalue weighted by Crippen LogP contribution is -2.45. The Labute approximate surface area is 148 Å². The molecule has 0 saturated heterocycles. The third kappa shape index (κ3) is 4.92. The van der Waals surface area contributed by atoms with Gasteiger partial charge in [0.25, 0.3) is 0 Å². The zero-order valence-electron chi connectivity index (χ0n) is 15.2. The highest BCUT2D eigenvalue weighted by atomic mass is 16.6. The summed E-state index contributed by atoms with van der Waals surface area (Å²) >= 11 is 0. The molecule has 136 valence electrons. The molecule has 7 heteroatoms. The van der Waals surface area contributed by atoms with Gasteiger partial charge in [-0.15, -0.1) is 0 Å². The highest BCUT2D eigenvalue weighted by Gasteiger charge is 2.25. The number of imidazole rings is 1. The fraction of sp³-hybridized carbons (Fsp3) is 0.611. The van der Waals surface area contributed by atoms with Crippen molar-refractivity contribution in [2.75, 3.05) is 0 Å². The summed E-state index contributed by atoms with van der Waals surface area (Å²) in [6, 6.07) is 2.43. The zero-order valence-corrected chi connectivity index (χ0v) is 15.2. The number of nitrogens with zero attached hydrogens (tertiary/aromatic N) is 3. The van der Waals surface area contributed by atoms with Crippen molar-refractivity contribution in [2.45, 2.75) is 70.7 Å². The van der Waals surface area contributed by atoms with Gasteiger partial charge >= 0.3 is 6.09 Å². The number of hydrogen-bond acceptors (Lipinski definition) is 5. The van der Waals surface area contributed by atoms with Crippen LogP contribution in [0.2, 0.25) is 0 Å². The monoisotopic (exact) mass is 345 g/mol. The summed E-state index contributed by atoms with van der Waals surface area (Å²) in [7, 11) is 0. The van der Waals surface area contributed by atoms with Crippen molar-refractivity contribution in [3.8, 4) is 0 Å². The van der Waals surface area contributed by atoms with E-state index in [0.717, 1.165) is 37.9 Å². The summed E-state index contributed by atoms with van der Waals surface area (Å²) in [5.74, 6) is 0.715. The van der Waals surface area contributed by atoms with E-state index in [1.807, 2.05) is 43.6 Å². The van der Waals surface area contributed by atoms with E-state index >= 15 is 0 Å². The normalized spacial score (nSPS) is 21.2. The van der Waals surface area contributed by atoms with Gasteiger partial charge in [-0.1, -0.05) is 0 Å². The first-order valence-electron chi connectivity index (χ1n) is 8.90. The van der Waals surface area contributed by atoms with Crippen LogP contribution in [0.1, 0.15) is 52.1 Å². The molecule has 1 saturated carbocycles. The predicted molar refractivity (Wildman–Crippen MR) is 95.2 cm³/mol. The van der Waals surface area contributed by atoms with Gasteiger partial charge in [0.2, 0.25) is 5.78 Å². The van der Waals surface area contributed by atoms with Crippen molar-refractivity contribution >= 4 is 11.9 Å². The molecule has 0 aromatic carbocycles. The van der Waals surface area contributed by atoms with Gasteiger partial charge in [0.05, 0.1) is 11.9 Å². The Morgan fingerprint density at radius 3 is 2.92 bits per heavy atom. The lowest BCUT2D eigenvalue weighted by atomic mass is 9.91. The number of carbonyl (C=O) groups is 1. The third-order valence-electron chi connectivity index (χ3n) is 4.33. The summed E-state index contributed by atoms with van der Waals surface area (Å²) in [6.07, 6.45) is 9.35. The molecular formula is C18H27N5O2. The van der Waals surface area contributed by atoms with Crippen LogP contribution in [0.3, 0.4) is 0 Å². The quantitative estimate of drug-likeness (QED) is 0.890. The number of alkyl carbamates (subject to hydrolysis) is 1. The van der Waals surface area contributed by atoms with Crippen molar-refractivity contribution in [1.82, 2.24) is 25.0 Å². The molecule has 7 nitrogen and oxygen atoms in total. The number of rotatable bonds is 4. The maximum absolute atomic E-state index is 12.0. The number of aromatic nitrogens is 3. The second kappa shape index (κ2) is 7.39. The van der Waals surface area contributed by atoms with Crippen LogP contribution in [0, 0.1) is 0 Å². The van der Waals surface area contributed by atoms with Crippen LogP contribution in [0.15, 0.2) is 24.7 Å². The fourth-order valence-electron chi connectivity index (χ4n) is 3.24. The molecule has 0 spiro atoms. The molecule has 2 aromatic rings. The average Bonchev–Trinajstić information content (AvgIpc) is 2.94. The Morgan fingerprint density at radius 2 is 2.12 bits per heavy atom. The highest BCUT2D eigenvalue weighted by Crippen LogP contribution is 2.20. The van der Waals surface area contributed by atoms with Crippen molar-refractivity contribution in [3.05, 3.63) is 30.4 Å². The molecule has 2 aromatic heterocycles. The van der Waals surface area contributed by atoms with E-state index < -0.39 is 5.60 Å². The molecule has 1 aliphatic rings. The van der Waals surface area contributed by atoms with E-state index in [9.17, 15) is 4.79 Å². The van der Waals surface area contributed by atoms with Crippen LogP contribution < -0.4 is 10.6 Å². The first-order chi connectivity index (χ1) is 11.9. The van der Waals surface area contributed by atoms with Gasteiger partial charge in [-0.25, -0.2) is 14.8 Å². The van der Waals surface area contributed by atoms with Crippen LogP contribution in [-0.4, -0.2) is 38.1 Å². The number of ether oxygens (including phenoxy) is 1. The van der Waals surface area contributed by atoms with E-state index in [1.54, 1.807) is 6.20 Å². The molecule has 0 radical (unpaired) electrons. The fourth-order valence-corrected chi connectivity index (χ4v) is 3.24. The third-order valence-corrected chi connectivity index (χ3v) is 4.33. The topological polar surface area (TPSA) is 80.5 Å². The summed E-state index contributed by atoms with van der Waals surface area (Å²) in [5, 5.41) is 6.59. The number of carbonyl (C=O) groups excluding carboxylic acids is 1. The molecule has 1 aliphatic carbocycles. The van der Waals surface area contributed by atoms with Gasteiger partial charge in [-0.05, 0) is 52.5 Å². The zero-order chi connectivity index (χ0) is 17.9. The minimum Gasteiger partial charge on any atom is -0.444 e. The van der Waals surface area contributed by atoms with Crippen LogP contribution in [0.4, 0.5) is 4.79 Å². The molecule has 3 rings (SSSR count). The Kier molecular flexibility index (Phi) is 5.22. The molecule has 1 amide bonds. The SMILES string of the molecule is CC(C)(C)OC(=O)NC1CCCC(NCc2cnc3ncccn23)C1. The number of amides is 1. The Balaban J connectivity index is 1.51. The van der Waals surface area contributed by atoms with Gasteiger partial charge in [0.1, 0.15) is 5.60 Å². The van der Waals surface area contributed by atoms with Gasteiger partial charge in [0.15, 0.2) is 0 Å². The Morgan fingerprint density at radius 1 is 1.32 bits per heavy atom. The molecule has 0 bridgehead atoms. The van der Waals surface area contributed by atoms with Gasteiger partial charge < -0.3 is 15.4 Å². The molecular weight excluding hydrogens is 318 g/mol. The molecule has 25 heavy (non-hydrogen) atoms. The van der Waals surface area contributed by atoms with Crippen LogP contribution in [-0.2, 0) is 11.3 Å². The van der Waals surface area contributed by atoms with E-state index in [2.05, 4.69) is 20.6 Å². The minimum absolute atomic E-state index is 0.157. The molecule has 2 atom stereocenters. The standard InChI is InChI=1S/C18H27N5O2/c1-18(2,3)25-17(24)22-14-7-4-6-13(10-14)20-11-15-12-21-16-19-8-5-9-23(15)16/h5,8-9,12-14,20H,4,6-7,10-11H2,1-3H3,(H,22,24). The summed E-state index contributed by atoms with van der Waals surface area (Å²) < 4.78 is 7.35. The summed E-state index contributed by atoms with van der Waals surface area (Å²) in [4.78, 5) is 20.5. The average molecular weight is 345 g/mol. The van der Waals surface area contributed by atoms with E-state index in [1.165, 1.54) is 0 Å². The van der Waals surface area contributed by atoms with E-state index in [4.69, 9.17) is 4.74 Å². The summed E-state index contributed by atoms with van der Waals surface area (Å²) in [6.45, 7) is 6.37. The number of nitrogens with one attached hydrogen (secondary N) is 2. The van der Waals surface area contributed by atoms with E-state index in [-0.39, 0.29) is 12.1 Å². The first kappa shape index (κ1) is 17.7. The molecule has 0 aliphatic heterocycles. The van der Waals surface area contributed by atoms with Crippen LogP contribution >= 0.6 is 0 Å². The second-order valence-electron chi connectivity index (χ2n) is 7.63. The molecule has 2 heterocycles. The minimum atomic E-state index is -0.465. The number of fused-ring (bicyclic) bond motifs is 1. The van der Waals surface area contributed by atoms with Crippen molar-refractivity contribution in [2.24, 2.45) is 0 Å². The van der Waals surface area contributed by atoms with Gasteiger partial charge in [0, 0.05) is 31.0 Å². The Hall–Kier alpha value is -2.15. The lowest BCUT2D eigenvalue weighted by molar-refractivity contribution is 0.0488. The maximum atomic E-state index is 12.0. The smallest absolute Gasteiger partial charge is 0.407 e. The van der Waals surface area contributed by atoms with Crippen molar-refractivity contribution < 1.29 is 9.53 Å². The van der Waals surface area contributed by atoms with Gasteiger partial charge in [-0.3, -0.25) is 4.40 Å². The number of hydrogen-bond donors (Lipinski definition) is 2. The largest absolute Gasteiger partial charge is 0.444 e. The highest BCUT2D eigenvalue weighted by molar-refractivity contribution is 5.68. The Bertz CT molecular complexity index is 722. The predicted octanol–water partition coefficient (Wildman–Crippen LogP) is 2.65. The summed E-state index contributed by atoms with van der Waals surface area (Å²) in [5.41, 5.74) is 0.623. The molecule has 1 fully saturated rings. The van der Waals surface area contributed by atoms with Crippen LogP contribution in [0.5, 0.6) is 0 Å². The lowest BCUT2D eigenvalue weighted by Gasteiger charge is -2.31. The van der Waals surface area contributed by atoms with Crippen molar-refractivity contribution in [3.63, 3.8) is 0 Å². The first-order valence-corrected chi connectivity index (χ1v) is 8.90. The maximum Gasteiger partial charge on any atom is 0.407 e. The van der Waals surface area contributed by atoms with E-state index in [0.29, 0.717) is 11.8 Å².